The van der Waals surface area contributed by atoms with Gasteiger partial charge in [0.15, 0.2) is 5.11 Å². The number of ether oxygens (including phenoxy) is 1. The summed E-state index contributed by atoms with van der Waals surface area (Å²) >= 11 is 12.1. The van der Waals surface area contributed by atoms with Crippen LogP contribution in [0, 0.1) is 0 Å². The third-order valence-electron chi connectivity index (χ3n) is 5.67. The molecule has 0 bridgehead atoms. The maximum absolute atomic E-state index is 6.32. The summed E-state index contributed by atoms with van der Waals surface area (Å²) < 4.78 is 11.1. The first-order chi connectivity index (χ1) is 16.5. The minimum absolute atomic E-state index is 0.315. The predicted molar refractivity (Wildman–Crippen MR) is 138 cm³/mol. The molecular weight excluding hydrogens is 468 g/mol. The summed E-state index contributed by atoms with van der Waals surface area (Å²) in [7, 11) is 1.62. The number of methoxy groups -OCH3 is 1. The first-order valence-electron chi connectivity index (χ1n) is 10.7. The zero-order chi connectivity index (χ0) is 23.7. The van der Waals surface area contributed by atoms with E-state index in [1.165, 1.54) is 0 Å². The van der Waals surface area contributed by atoms with Gasteiger partial charge in [-0.1, -0.05) is 59.2 Å². The summed E-state index contributed by atoms with van der Waals surface area (Å²) in [6.07, 6.45) is 0. The topological polar surface area (TPSA) is 63.4 Å². The van der Waals surface area contributed by atoms with Crippen molar-refractivity contribution in [2.24, 2.45) is 0 Å². The molecule has 0 fully saturated rings. The first kappa shape index (κ1) is 22.1. The van der Waals surface area contributed by atoms with Crippen molar-refractivity contribution < 1.29 is 9.26 Å². The lowest BCUT2D eigenvalue weighted by atomic mass is 9.94. The van der Waals surface area contributed by atoms with Crippen molar-refractivity contribution >= 4 is 40.2 Å². The van der Waals surface area contributed by atoms with Gasteiger partial charge in [0, 0.05) is 22.0 Å². The molecule has 0 amide bonds. The smallest absolute Gasteiger partial charge is 0.258 e. The molecule has 1 aliphatic rings. The Morgan fingerprint density at radius 2 is 1.82 bits per heavy atom. The lowest BCUT2D eigenvalue weighted by molar-refractivity contribution is 0.403. The molecule has 3 aromatic carbocycles. The summed E-state index contributed by atoms with van der Waals surface area (Å²) in [6.45, 7) is 2.00. The van der Waals surface area contributed by atoms with E-state index < -0.39 is 0 Å². The molecule has 8 heteroatoms. The maximum atomic E-state index is 6.32. The van der Waals surface area contributed by atoms with Gasteiger partial charge in [-0.05, 0) is 61.1 Å². The fourth-order valence-corrected chi connectivity index (χ4v) is 4.62. The minimum atomic E-state index is -0.315. The molecule has 0 spiro atoms. The van der Waals surface area contributed by atoms with E-state index in [-0.39, 0.29) is 6.04 Å². The predicted octanol–water partition coefficient (Wildman–Crippen LogP) is 6.27. The van der Waals surface area contributed by atoms with Crippen molar-refractivity contribution in [3.05, 3.63) is 101 Å². The van der Waals surface area contributed by atoms with Crippen molar-refractivity contribution in [2.45, 2.75) is 13.0 Å². The monoisotopic (exact) mass is 488 g/mol. The average molecular weight is 489 g/mol. The lowest BCUT2D eigenvalue weighted by Crippen LogP contribution is -2.46. The molecule has 5 rings (SSSR count). The van der Waals surface area contributed by atoms with Gasteiger partial charge in [0.05, 0.1) is 18.7 Å². The third-order valence-corrected chi connectivity index (χ3v) is 6.20. The van der Waals surface area contributed by atoms with Crippen molar-refractivity contribution in [3.8, 4) is 17.1 Å². The van der Waals surface area contributed by atoms with Gasteiger partial charge in [0.25, 0.3) is 5.89 Å². The number of nitrogens with one attached hydrogen (secondary N) is 1. The molecule has 1 atom stereocenters. The molecule has 4 aromatic rings. The molecule has 1 aliphatic heterocycles. The molecular formula is C26H21ClN4O2S. The number of benzene rings is 3. The molecule has 0 aliphatic carbocycles. The Kier molecular flexibility index (Phi) is 6.04. The molecule has 0 radical (unpaired) electrons. The van der Waals surface area contributed by atoms with Gasteiger partial charge in [-0.3, -0.25) is 4.90 Å². The van der Waals surface area contributed by atoms with Crippen LogP contribution in [0.25, 0.3) is 17.0 Å². The second-order valence-electron chi connectivity index (χ2n) is 7.76. The van der Waals surface area contributed by atoms with Crippen molar-refractivity contribution in [1.82, 2.24) is 15.5 Å². The summed E-state index contributed by atoms with van der Waals surface area (Å²) in [6, 6.07) is 24.8. The Morgan fingerprint density at radius 1 is 1.03 bits per heavy atom. The Labute approximate surface area is 207 Å². The van der Waals surface area contributed by atoms with Gasteiger partial charge in [-0.2, -0.15) is 4.98 Å². The number of thiocarbonyl (C=S) groups is 1. The van der Waals surface area contributed by atoms with E-state index >= 15 is 0 Å². The molecule has 34 heavy (non-hydrogen) atoms. The third kappa shape index (κ3) is 4.16. The van der Waals surface area contributed by atoms with E-state index in [0.29, 0.717) is 21.9 Å². The van der Waals surface area contributed by atoms with Crippen LogP contribution in [0.15, 0.2) is 89.1 Å². The van der Waals surface area contributed by atoms with Gasteiger partial charge in [-0.25, -0.2) is 0 Å². The summed E-state index contributed by atoms with van der Waals surface area (Å²) in [5, 5.41) is 8.91. The van der Waals surface area contributed by atoms with E-state index in [1.54, 1.807) is 7.11 Å². The molecule has 170 valence electrons. The number of halogens is 1. The zero-order valence-electron chi connectivity index (χ0n) is 18.5. The van der Waals surface area contributed by atoms with E-state index in [1.807, 2.05) is 90.7 Å². The number of hydrogen-bond donors (Lipinski definition) is 1. The number of anilines is 1. The van der Waals surface area contributed by atoms with Crippen LogP contribution in [-0.4, -0.2) is 22.4 Å². The number of nitrogens with zero attached hydrogens (tertiary/aromatic N) is 3. The normalized spacial score (nSPS) is 15.9. The minimum Gasteiger partial charge on any atom is -0.497 e. The Morgan fingerprint density at radius 3 is 2.59 bits per heavy atom. The highest BCUT2D eigenvalue weighted by Crippen LogP contribution is 2.39. The van der Waals surface area contributed by atoms with Crippen LogP contribution in [-0.2, 0) is 0 Å². The number of aromatic nitrogens is 2. The van der Waals surface area contributed by atoms with Crippen LogP contribution >= 0.6 is 23.8 Å². The van der Waals surface area contributed by atoms with E-state index in [4.69, 9.17) is 38.1 Å². The van der Waals surface area contributed by atoms with Crippen LogP contribution in [0.3, 0.4) is 0 Å². The molecule has 0 saturated heterocycles. The molecule has 1 N–H and O–H groups in total. The van der Waals surface area contributed by atoms with Crippen LogP contribution in [0.2, 0.25) is 5.02 Å². The number of para-hydroxylation sites is 1. The Balaban J connectivity index is 1.65. The summed E-state index contributed by atoms with van der Waals surface area (Å²) in [5.41, 5.74) is 4.39. The van der Waals surface area contributed by atoms with E-state index in [2.05, 4.69) is 10.5 Å². The lowest BCUT2D eigenvalue weighted by Gasteiger charge is -2.37. The van der Waals surface area contributed by atoms with Gasteiger partial charge in [0.1, 0.15) is 5.75 Å². The molecule has 2 heterocycles. The van der Waals surface area contributed by atoms with Gasteiger partial charge >= 0.3 is 0 Å². The quantitative estimate of drug-likeness (QED) is 0.332. The van der Waals surface area contributed by atoms with E-state index in [0.717, 1.165) is 33.8 Å². The fourth-order valence-electron chi connectivity index (χ4n) is 4.06. The highest BCUT2D eigenvalue weighted by Gasteiger charge is 2.34. The second kappa shape index (κ2) is 9.29. The first-order valence-corrected chi connectivity index (χ1v) is 11.4. The highest BCUT2D eigenvalue weighted by molar-refractivity contribution is 7.80. The standard InChI is InChI=1S/C26H21ClN4O2S/c1-16-22(25-29-24(30-33-25)18-9-7-13-21(15-18)32-2)23(17-8-6-10-19(27)14-17)28-26(34)31(16)20-11-4-3-5-12-20/h3-15,23H,1-2H3,(H,28,34). The highest BCUT2D eigenvalue weighted by atomic mass is 35.5. The van der Waals surface area contributed by atoms with Crippen LogP contribution in [0.5, 0.6) is 5.75 Å². The Bertz CT molecular complexity index is 1390. The van der Waals surface area contributed by atoms with E-state index in [9.17, 15) is 0 Å². The second-order valence-corrected chi connectivity index (χ2v) is 8.59. The van der Waals surface area contributed by atoms with Crippen LogP contribution < -0.4 is 15.0 Å². The zero-order valence-corrected chi connectivity index (χ0v) is 20.1. The summed E-state index contributed by atoms with van der Waals surface area (Å²) in [4.78, 5) is 6.72. The van der Waals surface area contributed by atoms with Gasteiger partial charge in [0.2, 0.25) is 5.82 Å². The Hall–Kier alpha value is -3.68. The van der Waals surface area contributed by atoms with Gasteiger partial charge < -0.3 is 14.6 Å². The van der Waals surface area contributed by atoms with Crippen molar-refractivity contribution in [2.75, 3.05) is 12.0 Å². The number of hydrogen-bond acceptors (Lipinski definition) is 5. The maximum Gasteiger partial charge on any atom is 0.258 e. The molecule has 1 aromatic heterocycles. The average Bonchev–Trinajstić information content (AvgIpc) is 3.34. The molecule has 0 saturated carbocycles. The number of allylic oxidation sites excluding steroid dienone is 1. The van der Waals surface area contributed by atoms with Crippen LogP contribution in [0.4, 0.5) is 5.69 Å². The number of rotatable bonds is 5. The molecule has 6 nitrogen and oxygen atoms in total. The van der Waals surface area contributed by atoms with Gasteiger partial charge in [-0.15, -0.1) is 0 Å². The van der Waals surface area contributed by atoms with Crippen molar-refractivity contribution in [1.29, 1.82) is 0 Å². The fraction of sp³-hybridized carbons (Fsp3) is 0.115. The SMILES string of the molecule is COc1cccc(-c2noc(C3=C(C)N(c4ccccc4)C(=S)NC3c3cccc(Cl)c3)n2)c1. The largest absolute Gasteiger partial charge is 0.497 e. The van der Waals surface area contributed by atoms with Crippen molar-refractivity contribution in [3.63, 3.8) is 0 Å². The molecule has 1 unspecified atom stereocenters. The van der Waals surface area contributed by atoms with Crippen LogP contribution in [0.1, 0.15) is 24.4 Å². The summed E-state index contributed by atoms with van der Waals surface area (Å²) in [5.74, 6) is 1.59.